The van der Waals surface area contributed by atoms with Gasteiger partial charge in [-0.1, -0.05) is 0 Å². The molecule has 0 unspecified atom stereocenters. The summed E-state index contributed by atoms with van der Waals surface area (Å²) in [7, 11) is 1.22. The lowest BCUT2D eigenvalue weighted by atomic mass is 10.1. The Kier molecular flexibility index (Phi) is 4.33. The maximum atomic E-state index is 11.5. The summed E-state index contributed by atoms with van der Waals surface area (Å²) in [6.45, 7) is -0.355. The molecule has 1 rings (SSSR count). The Morgan fingerprint density at radius 2 is 2.06 bits per heavy atom. The lowest BCUT2D eigenvalue weighted by Crippen LogP contribution is -2.21. The molecule has 0 aliphatic heterocycles. The molecule has 7 heteroatoms. The molecule has 4 N–H and O–H groups in total. The maximum Gasteiger partial charge on any atom is 0.343 e. The number of benzene rings is 1. The van der Waals surface area contributed by atoms with Crippen molar-refractivity contribution in [3.63, 3.8) is 0 Å². The predicted molar refractivity (Wildman–Crippen MR) is 64.6 cm³/mol. The van der Waals surface area contributed by atoms with Crippen LogP contribution in [-0.2, 0) is 9.53 Å². The standard InChI is InChI=1S/C10H11BrN2O4/c1-16-10(15)8-6(12)3-2-5(11)9(8)17-4-7(13)14/h2-3H,4,12H2,1H3,(H2,13,14). The Morgan fingerprint density at radius 3 is 2.59 bits per heavy atom. The zero-order valence-corrected chi connectivity index (χ0v) is 10.6. The molecule has 1 amide bonds. The van der Waals surface area contributed by atoms with Crippen molar-refractivity contribution in [2.24, 2.45) is 5.73 Å². The molecule has 0 bridgehead atoms. The van der Waals surface area contributed by atoms with Crippen LogP contribution < -0.4 is 16.2 Å². The van der Waals surface area contributed by atoms with E-state index >= 15 is 0 Å². The second-order valence-corrected chi connectivity index (χ2v) is 3.94. The zero-order chi connectivity index (χ0) is 13.0. The van der Waals surface area contributed by atoms with Crippen LogP contribution in [0.2, 0.25) is 0 Å². The largest absolute Gasteiger partial charge is 0.482 e. The molecule has 0 aliphatic carbocycles. The van der Waals surface area contributed by atoms with Crippen LogP contribution in [0.5, 0.6) is 5.75 Å². The molecule has 0 fully saturated rings. The summed E-state index contributed by atoms with van der Waals surface area (Å²) < 4.78 is 10.2. The van der Waals surface area contributed by atoms with E-state index in [0.29, 0.717) is 4.47 Å². The van der Waals surface area contributed by atoms with E-state index in [2.05, 4.69) is 20.7 Å². The fourth-order valence-corrected chi connectivity index (χ4v) is 1.61. The van der Waals surface area contributed by atoms with Gasteiger partial charge in [0.25, 0.3) is 5.91 Å². The van der Waals surface area contributed by atoms with Crippen LogP contribution in [0.1, 0.15) is 10.4 Å². The van der Waals surface area contributed by atoms with Crippen LogP contribution >= 0.6 is 15.9 Å². The molecule has 6 nitrogen and oxygen atoms in total. The van der Waals surface area contributed by atoms with Crippen molar-refractivity contribution >= 4 is 33.5 Å². The molecule has 0 radical (unpaired) electrons. The molecule has 0 heterocycles. The zero-order valence-electron chi connectivity index (χ0n) is 9.03. The number of ether oxygens (including phenoxy) is 2. The van der Waals surface area contributed by atoms with Crippen LogP contribution in [0.3, 0.4) is 0 Å². The van der Waals surface area contributed by atoms with Crippen LogP contribution in [-0.4, -0.2) is 25.6 Å². The SMILES string of the molecule is COC(=O)c1c(N)ccc(Br)c1OCC(N)=O. The first-order valence-electron chi connectivity index (χ1n) is 4.54. The van der Waals surface area contributed by atoms with E-state index in [0.717, 1.165) is 0 Å². The number of nitrogens with two attached hydrogens (primary N) is 2. The lowest BCUT2D eigenvalue weighted by molar-refractivity contribution is -0.119. The summed E-state index contributed by atoms with van der Waals surface area (Å²) >= 11 is 3.19. The molecule has 0 aromatic heterocycles. The van der Waals surface area contributed by atoms with Crippen molar-refractivity contribution in [3.8, 4) is 5.75 Å². The van der Waals surface area contributed by atoms with Crippen molar-refractivity contribution in [3.05, 3.63) is 22.2 Å². The second kappa shape index (κ2) is 5.53. The number of carbonyl (C=O) groups excluding carboxylic acids is 2. The Hall–Kier alpha value is -1.76. The van der Waals surface area contributed by atoms with E-state index < -0.39 is 11.9 Å². The van der Waals surface area contributed by atoms with Gasteiger partial charge in [-0.25, -0.2) is 4.79 Å². The second-order valence-electron chi connectivity index (χ2n) is 3.09. The minimum atomic E-state index is -0.657. The van der Waals surface area contributed by atoms with Gasteiger partial charge in [0.2, 0.25) is 0 Å². The number of amides is 1. The van der Waals surface area contributed by atoms with E-state index in [1.54, 1.807) is 6.07 Å². The number of esters is 1. The van der Waals surface area contributed by atoms with Crippen molar-refractivity contribution in [2.75, 3.05) is 19.5 Å². The number of methoxy groups -OCH3 is 1. The molecule has 1 aromatic carbocycles. The third-order valence-electron chi connectivity index (χ3n) is 1.89. The smallest absolute Gasteiger partial charge is 0.343 e. The highest BCUT2D eigenvalue weighted by Gasteiger charge is 2.20. The predicted octanol–water partition coefficient (Wildman–Crippen LogP) is 0.682. The van der Waals surface area contributed by atoms with Gasteiger partial charge in [-0.05, 0) is 28.1 Å². The van der Waals surface area contributed by atoms with Crippen LogP contribution in [0, 0.1) is 0 Å². The van der Waals surface area contributed by atoms with Gasteiger partial charge < -0.3 is 20.9 Å². The molecule has 0 saturated heterocycles. The van der Waals surface area contributed by atoms with Crippen molar-refractivity contribution in [2.45, 2.75) is 0 Å². The number of carbonyl (C=O) groups is 2. The number of hydrogen-bond donors (Lipinski definition) is 2. The van der Waals surface area contributed by atoms with Gasteiger partial charge >= 0.3 is 5.97 Å². The number of hydrogen-bond acceptors (Lipinski definition) is 5. The fraction of sp³-hybridized carbons (Fsp3) is 0.200. The van der Waals surface area contributed by atoms with Gasteiger partial charge in [-0.3, -0.25) is 4.79 Å². The van der Waals surface area contributed by atoms with E-state index in [4.69, 9.17) is 16.2 Å². The van der Waals surface area contributed by atoms with Gasteiger partial charge in [-0.15, -0.1) is 0 Å². The number of halogens is 1. The Morgan fingerprint density at radius 1 is 1.41 bits per heavy atom. The monoisotopic (exact) mass is 302 g/mol. The highest BCUT2D eigenvalue weighted by Crippen LogP contribution is 2.33. The highest BCUT2D eigenvalue weighted by atomic mass is 79.9. The average molecular weight is 303 g/mol. The Labute approximate surface area is 106 Å². The van der Waals surface area contributed by atoms with Crippen molar-refractivity contribution in [1.82, 2.24) is 0 Å². The molecule has 1 aromatic rings. The molecule has 92 valence electrons. The minimum absolute atomic E-state index is 0.0584. The van der Waals surface area contributed by atoms with Gasteiger partial charge in [0.1, 0.15) is 5.56 Å². The summed E-state index contributed by atoms with van der Waals surface area (Å²) in [5.74, 6) is -1.17. The van der Waals surface area contributed by atoms with E-state index in [1.807, 2.05) is 0 Å². The molecule has 17 heavy (non-hydrogen) atoms. The summed E-state index contributed by atoms with van der Waals surface area (Å²) in [6.07, 6.45) is 0. The van der Waals surface area contributed by atoms with E-state index in [1.165, 1.54) is 13.2 Å². The van der Waals surface area contributed by atoms with Crippen molar-refractivity contribution in [1.29, 1.82) is 0 Å². The molecular weight excluding hydrogens is 292 g/mol. The summed E-state index contributed by atoms with van der Waals surface area (Å²) in [6, 6.07) is 3.12. The lowest BCUT2D eigenvalue weighted by Gasteiger charge is -2.12. The number of nitrogen functional groups attached to an aromatic ring is 1. The summed E-state index contributed by atoms with van der Waals surface area (Å²) in [5, 5.41) is 0. The fourth-order valence-electron chi connectivity index (χ4n) is 1.17. The molecule has 0 saturated carbocycles. The molecular formula is C10H11BrN2O4. The van der Waals surface area contributed by atoms with Crippen LogP contribution in [0.25, 0.3) is 0 Å². The minimum Gasteiger partial charge on any atom is -0.482 e. The number of anilines is 1. The van der Waals surface area contributed by atoms with Gasteiger partial charge in [0, 0.05) is 5.69 Å². The number of rotatable bonds is 4. The summed E-state index contributed by atoms with van der Waals surface area (Å²) in [5.41, 5.74) is 10.9. The van der Waals surface area contributed by atoms with Gasteiger partial charge in [0.05, 0.1) is 11.6 Å². The first kappa shape index (κ1) is 13.3. The normalized spacial score (nSPS) is 9.76. The van der Waals surface area contributed by atoms with Crippen molar-refractivity contribution < 1.29 is 19.1 Å². The quantitative estimate of drug-likeness (QED) is 0.628. The van der Waals surface area contributed by atoms with Crippen LogP contribution in [0.15, 0.2) is 16.6 Å². The first-order chi connectivity index (χ1) is 7.97. The third kappa shape index (κ3) is 3.10. The van der Waals surface area contributed by atoms with E-state index in [9.17, 15) is 9.59 Å². The molecule has 0 aliphatic rings. The average Bonchev–Trinajstić information content (AvgIpc) is 2.28. The van der Waals surface area contributed by atoms with Gasteiger partial charge in [-0.2, -0.15) is 0 Å². The van der Waals surface area contributed by atoms with Gasteiger partial charge in [0.15, 0.2) is 12.4 Å². The highest BCUT2D eigenvalue weighted by molar-refractivity contribution is 9.10. The summed E-state index contributed by atoms with van der Waals surface area (Å²) in [4.78, 5) is 22.2. The molecule has 0 atom stereocenters. The maximum absolute atomic E-state index is 11.5. The third-order valence-corrected chi connectivity index (χ3v) is 2.51. The van der Waals surface area contributed by atoms with E-state index in [-0.39, 0.29) is 23.6 Å². The number of primary amides is 1. The van der Waals surface area contributed by atoms with Crippen LogP contribution in [0.4, 0.5) is 5.69 Å². The molecule has 0 spiro atoms. The topological polar surface area (TPSA) is 105 Å². The Balaban J connectivity index is 3.19. The first-order valence-corrected chi connectivity index (χ1v) is 5.34. The Bertz CT molecular complexity index is 462.